The maximum absolute atomic E-state index is 9.87. The van der Waals surface area contributed by atoms with Gasteiger partial charge in [0.25, 0.3) is 0 Å². The Balaban J connectivity index is 2.29. The fourth-order valence-electron chi connectivity index (χ4n) is 1.93. The van der Waals surface area contributed by atoms with E-state index in [1.54, 1.807) is 0 Å². The Labute approximate surface area is 124 Å². The van der Waals surface area contributed by atoms with Crippen LogP contribution in [0.5, 0.6) is 5.75 Å². The molecule has 0 radical (unpaired) electrons. The lowest BCUT2D eigenvalue weighted by molar-refractivity contribution is 0.465. The van der Waals surface area contributed by atoms with E-state index in [1.165, 1.54) is 11.1 Å². The fraction of sp³-hybridized carbons (Fsp3) is 0.200. The summed E-state index contributed by atoms with van der Waals surface area (Å²) in [6.45, 7) is 2.05. The summed E-state index contributed by atoms with van der Waals surface area (Å²) in [7, 11) is 0. The van der Waals surface area contributed by atoms with Crippen LogP contribution >= 0.6 is 31.9 Å². The van der Waals surface area contributed by atoms with Crippen molar-refractivity contribution >= 4 is 31.9 Å². The third kappa shape index (κ3) is 3.15. The predicted molar refractivity (Wildman–Crippen MR) is 82.1 cm³/mol. The zero-order valence-electron chi connectivity index (χ0n) is 10.1. The van der Waals surface area contributed by atoms with E-state index in [0.29, 0.717) is 5.75 Å². The highest BCUT2D eigenvalue weighted by molar-refractivity contribution is 9.10. The molecule has 0 atom stereocenters. The number of rotatable bonds is 3. The minimum Gasteiger partial charge on any atom is -0.506 e. The van der Waals surface area contributed by atoms with Crippen molar-refractivity contribution < 1.29 is 5.11 Å². The van der Waals surface area contributed by atoms with Gasteiger partial charge in [-0.1, -0.05) is 41.1 Å². The van der Waals surface area contributed by atoms with Crippen LogP contribution in [0.3, 0.4) is 0 Å². The first kappa shape index (κ1) is 13.6. The predicted octanol–water partition coefficient (Wildman–Crippen LogP) is 5.07. The second kappa shape index (κ2) is 5.89. The highest BCUT2D eigenvalue weighted by Crippen LogP contribution is 2.30. The van der Waals surface area contributed by atoms with Crippen LogP contribution in [-0.4, -0.2) is 5.11 Å². The molecular formula is C15H14Br2O. The smallest absolute Gasteiger partial charge is 0.132 e. The van der Waals surface area contributed by atoms with Crippen LogP contribution in [0.2, 0.25) is 0 Å². The molecule has 0 unspecified atom stereocenters. The summed E-state index contributed by atoms with van der Waals surface area (Å²) in [6.07, 6.45) is 1.71. The Morgan fingerprint density at radius 2 is 1.67 bits per heavy atom. The van der Waals surface area contributed by atoms with Gasteiger partial charge in [-0.3, -0.25) is 0 Å². The Bertz CT molecular complexity index is 547. The van der Waals surface area contributed by atoms with Crippen LogP contribution in [0.15, 0.2) is 45.3 Å². The normalized spacial score (nSPS) is 10.6. The summed E-state index contributed by atoms with van der Waals surface area (Å²) < 4.78 is 1.86. The van der Waals surface area contributed by atoms with E-state index in [2.05, 4.69) is 50.1 Å². The third-order valence-electron chi connectivity index (χ3n) is 2.90. The summed E-state index contributed by atoms with van der Waals surface area (Å²) >= 11 is 6.84. The molecule has 0 spiro atoms. The van der Waals surface area contributed by atoms with Crippen LogP contribution in [-0.2, 0) is 12.8 Å². The summed E-state index contributed by atoms with van der Waals surface area (Å²) in [6, 6.07) is 12.4. The topological polar surface area (TPSA) is 20.2 Å². The first-order chi connectivity index (χ1) is 8.60. The molecule has 0 aliphatic heterocycles. The third-order valence-corrected chi connectivity index (χ3v) is 4.04. The van der Waals surface area contributed by atoms with Crippen molar-refractivity contribution in [2.24, 2.45) is 0 Å². The second-order valence-corrected chi connectivity index (χ2v) is 6.01. The van der Waals surface area contributed by atoms with Gasteiger partial charge in [0.15, 0.2) is 0 Å². The Hall–Kier alpha value is -0.800. The molecule has 0 bridgehead atoms. The van der Waals surface area contributed by atoms with E-state index < -0.39 is 0 Å². The molecule has 18 heavy (non-hydrogen) atoms. The molecule has 0 aliphatic rings. The van der Waals surface area contributed by atoms with E-state index in [1.807, 2.05) is 25.1 Å². The summed E-state index contributed by atoms with van der Waals surface area (Å²) in [4.78, 5) is 0. The molecule has 0 amide bonds. The number of aryl methyl sites for hydroxylation is 1. The molecule has 0 saturated heterocycles. The number of phenolic OH excluding ortho intramolecular Hbond substituents is 1. The van der Waals surface area contributed by atoms with E-state index in [4.69, 9.17) is 0 Å². The van der Waals surface area contributed by atoms with Crippen molar-refractivity contribution in [3.05, 3.63) is 62.0 Å². The average molecular weight is 370 g/mol. The lowest BCUT2D eigenvalue weighted by Gasteiger charge is -2.09. The molecule has 0 fully saturated rings. The van der Waals surface area contributed by atoms with Gasteiger partial charge in [0.2, 0.25) is 0 Å². The lowest BCUT2D eigenvalue weighted by atomic mass is 10.0. The number of hydrogen-bond donors (Lipinski definition) is 1. The summed E-state index contributed by atoms with van der Waals surface area (Å²) in [5.74, 6) is 0.358. The number of hydrogen-bond acceptors (Lipinski definition) is 1. The zero-order valence-corrected chi connectivity index (χ0v) is 13.3. The van der Waals surface area contributed by atoms with Crippen LogP contribution in [0.1, 0.15) is 23.6 Å². The van der Waals surface area contributed by atoms with Gasteiger partial charge >= 0.3 is 0 Å². The molecule has 2 aromatic carbocycles. The molecule has 2 rings (SSSR count). The second-order valence-electron chi connectivity index (χ2n) is 4.24. The largest absolute Gasteiger partial charge is 0.506 e. The zero-order chi connectivity index (χ0) is 13.1. The molecule has 0 aromatic heterocycles. The van der Waals surface area contributed by atoms with Crippen LogP contribution in [0.4, 0.5) is 0 Å². The molecule has 3 heteroatoms. The van der Waals surface area contributed by atoms with E-state index >= 15 is 0 Å². The van der Waals surface area contributed by atoms with E-state index in [9.17, 15) is 5.11 Å². The molecule has 0 saturated carbocycles. The SMILES string of the molecule is CCc1cc(Cc2ccc(Br)cc2)cc(Br)c1O. The van der Waals surface area contributed by atoms with Gasteiger partial charge < -0.3 is 5.11 Å². The molecule has 94 valence electrons. The van der Waals surface area contributed by atoms with Crippen molar-refractivity contribution in [1.82, 2.24) is 0 Å². The van der Waals surface area contributed by atoms with Crippen molar-refractivity contribution in [3.8, 4) is 5.75 Å². The summed E-state index contributed by atoms with van der Waals surface area (Å²) in [5, 5.41) is 9.87. The van der Waals surface area contributed by atoms with E-state index in [0.717, 1.165) is 27.4 Å². The molecule has 0 heterocycles. The van der Waals surface area contributed by atoms with Gasteiger partial charge in [-0.25, -0.2) is 0 Å². The molecule has 0 aliphatic carbocycles. The van der Waals surface area contributed by atoms with Crippen molar-refractivity contribution in [2.45, 2.75) is 19.8 Å². The summed E-state index contributed by atoms with van der Waals surface area (Å²) in [5.41, 5.74) is 3.45. The number of phenols is 1. The maximum atomic E-state index is 9.87. The fourth-order valence-corrected chi connectivity index (χ4v) is 2.74. The van der Waals surface area contributed by atoms with Crippen molar-refractivity contribution in [1.29, 1.82) is 0 Å². The Morgan fingerprint density at radius 1 is 1.00 bits per heavy atom. The van der Waals surface area contributed by atoms with Gasteiger partial charge in [-0.05, 0) is 63.7 Å². The number of aromatic hydroxyl groups is 1. The minimum absolute atomic E-state index is 0.358. The van der Waals surface area contributed by atoms with Crippen molar-refractivity contribution in [2.75, 3.05) is 0 Å². The maximum Gasteiger partial charge on any atom is 0.132 e. The Kier molecular flexibility index (Phi) is 4.46. The first-order valence-electron chi connectivity index (χ1n) is 5.85. The van der Waals surface area contributed by atoms with Gasteiger partial charge in [0.1, 0.15) is 5.75 Å². The number of halogens is 2. The molecule has 1 nitrogen and oxygen atoms in total. The monoisotopic (exact) mass is 368 g/mol. The van der Waals surface area contributed by atoms with Crippen LogP contribution in [0.25, 0.3) is 0 Å². The van der Waals surface area contributed by atoms with E-state index in [-0.39, 0.29) is 0 Å². The quantitative estimate of drug-likeness (QED) is 0.800. The molecule has 1 N–H and O–H groups in total. The van der Waals surface area contributed by atoms with Gasteiger partial charge in [-0.15, -0.1) is 0 Å². The van der Waals surface area contributed by atoms with Gasteiger partial charge in [-0.2, -0.15) is 0 Å². The minimum atomic E-state index is 0.358. The van der Waals surface area contributed by atoms with Gasteiger partial charge in [0, 0.05) is 4.47 Å². The van der Waals surface area contributed by atoms with Crippen LogP contribution in [0, 0.1) is 0 Å². The van der Waals surface area contributed by atoms with Crippen molar-refractivity contribution in [3.63, 3.8) is 0 Å². The van der Waals surface area contributed by atoms with Gasteiger partial charge in [0.05, 0.1) is 4.47 Å². The highest BCUT2D eigenvalue weighted by atomic mass is 79.9. The highest BCUT2D eigenvalue weighted by Gasteiger charge is 2.07. The molecular weight excluding hydrogens is 356 g/mol. The lowest BCUT2D eigenvalue weighted by Crippen LogP contribution is -1.92. The average Bonchev–Trinajstić information content (AvgIpc) is 2.36. The Morgan fingerprint density at radius 3 is 2.28 bits per heavy atom. The first-order valence-corrected chi connectivity index (χ1v) is 7.43. The number of benzene rings is 2. The molecule has 2 aromatic rings. The standard InChI is InChI=1S/C15H14Br2O/c1-2-12-8-11(9-14(17)15(12)18)7-10-3-5-13(16)6-4-10/h3-6,8-9,18H,2,7H2,1H3. The van der Waals surface area contributed by atoms with Crippen LogP contribution < -0.4 is 0 Å².